The summed E-state index contributed by atoms with van der Waals surface area (Å²) in [4.78, 5) is 26.0. The van der Waals surface area contributed by atoms with Gasteiger partial charge >= 0.3 is 11.8 Å². The highest BCUT2D eigenvalue weighted by atomic mass is 16.5. The topological polar surface area (TPSA) is 70.7 Å². The van der Waals surface area contributed by atoms with Crippen molar-refractivity contribution in [2.75, 3.05) is 31.4 Å². The van der Waals surface area contributed by atoms with Crippen LogP contribution in [0.2, 0.25) is 0 Å². The van der Waals surface area contributed by atoms with Crippen molar-refractivity contribution in [3.63, 3.8) is 0 Å². The van der Waals surface area contributed by atoms with Gasteiger partial charge in [0.2, 0.25) is 0 Å². The largest absolute Gasteiger partial charge is 0.380 e. The number of amides is 2. The van der Waals surface area contributed by atoms with E-state index in [-0.39, 0.29) is 6.54 Å². The van der Waals surface area contributed by atoms with Crippen molar-refractivity contribution in [2.24, 2.45) is 0 Å². The molecule has 0 aliphatic rings. The number of hydrogen-bond acceptors (Lipinski definition) is 4. The Morgan fingerprint density at radius 2 is 1.72 bits per heavy atom. The number of ether oxygens (including phenoxy) is 1. The van der Waals surface area contributed by atoms with Crippen LogP contribution >= 0.6 is 0 Å². The van der Waals surface area contributed by atoms with Gasteiger partial charge in [0.05, 0.1) is 18.0 Å². The molecule has 25 heavy (non-hydrogen) atoms. The Morgan fingerprint density at radius 1 is 1.00 bits per heavy atom. The minimum Gasteiger partial charge on any atom is -0.380 e. The van der Waals surface area contributed by atoms with Crippen molar-refractivity contribution in [2.45, 2.75) is 13.2 Å². The highest BCUT2D eigenvalue weighted by Gasteiger charge is 2.15. The number of carbonyl (C=O) groups is 2. The van der Waals surface area contributed by atoms with Gasteiger partial charge in [-0.15, -0.1) is 0 Å². The van der Waals surface area contributed by atoms with Crippen LogP contribution < -0.4 is 15.5 Å². The molecule has 6 heteroatoms. The highest BCUT2D eigenvalue weighted by Crippen LogP contribution is 2.23. The van der Waals surface area contributed by atoms with E-state index in [4.69, 9.17) is 4.74 Å². The predicted octanol–water partition coefficient (Wildman–Crippen LogP) is 2.15. The fourth-order valence-corrected chi connectivity index (χ4v) is 2.41. The second kappa shape index (κ2) is 8.84. The van der Waals surface area contributed by atoms with Crippen LogP contribution in [-0.4, -0.2) is 33.0 Å². The molecule has 6 nitrogen and oxygen atoms in total. The number of nitrogens with one attached hydrogen (secondary N) is 2. The van der Waals surface area contributed by atoms with E-state index in [9.17, 15) is 9.59 Å². The summed E-state index contributed by atoms with van der Waals surface area (Å²) in [5.74, 6) is -1.37. The van der Waals surface area contributed by atoms with Crippen LogP contribution in [0.4, 0.5) is 11.4 Å². The molecular weight excluding hydrogens is 318 g/mol. The molecule has 0 radical (unpaired) electrons. The molecule has 2 amide bonds. The summed E-state index contributed by atoms with van der Waals surface area (Å²) in [6.07, 6.45) is 0. The van der Waals surface area contributed by atoms with Gasteiger partial charge in [-0.05, 0) is 23.3 Å². The zero-order valence-electron chi connectivity index (χ0n) is 14.7. The normalized spacial score (nSPS) is 10.2. The van der Waals surface area contributed by atoms with Crippen molar-refractivity contribution in [1.29, 1.82) is 0 Å². The van der Waals surface area contributed by atoms with Crippen LogP contribution in [0.3, 0.4) is 0 Å². The summed E-state index contributed by atoms with van der Waals surface area (Å²) in [7, 11) is 5.38. The van der Waals surface area contributed by atoms with Crippen molar-refractivity contribution in [3.05, 3.63) is 59.7 Å². The molecule has 0 unspecified atom stereocenters. The van der Waals surface area contributed by atoms with Crippen LogP contribution in [0.15, 0.2) is 48.5 Å². The number of anilines is 2. The molecule has 0 bridgehead atoms. The van der Waals surface area contributed by atoms with E-state index in [2.05, 4.69) is 10.6 Å². The lowest BCUT2D eigenvalue weighted by atomic mass is 10.1. The lowest BCUT2D eigenvalue weighted by Gasteiger charge is -2.17. The zero-order chi connectivity index (χ0) is 18.2. The van der Waals surface area contributed by atoms with Gasteiger partial charge < -0.3 is 20.3 Å². The third kappa shape index (κ3) is 5.32. The Bertz CT molecular complexity index is 744. The number of benzene rings is 2. The predicted molar refractivity (Wildman–Crippen MR) is 98.4 cm³/mol. The van der Waals surface area contributed by atoms with Gasteiger partial charge in [0.1, 0.15) is 0 Å². The molecule has 2 aromatic rings. The Morgan fingerprint density at radius 3 is 2.44 bits per heavy atom. The number of para-hydroxylation sites is 2. The van der Waals surface area contributed by atoms with Gasteiger partial charge in [-0.1, -0.05) is 36.4 Å². The van der Waals surface area contributed by atoms with Crippen molar-refractivity contribution in [3.8, 4) is 0 Å². The van der Waals surface area contributed by atoms with Crippen molar-refractivity contribution < 1.29 is 14.3 Å². The van der Waals surface area contributed by atoms with Gasteiger partial charge in [-0.2, -0.15) is 0 Å². The van der Waals surface area contributed by atoms with Crippen LogP contribution in [0.25, 0.3) is 0 Å². The third-order valence-electron chi connectivity index (χ3n) is 3.60. The molecule has 0 fully saturated rings. The van der Waals surface area contributed by atoms with E-state index >= 15 is 0 Å². The quantitative estimate of drug-likeness (QED) is 0.790. The van der Waals surface area contributed by atoms with E-state index in [0.717, 1.165) is 16.8 Å². The molecular formula is C19H23N3O3. The summed E-state index contributed by atoms with van der Waals surface area (Å²) in [6.45, 7) is 0.780. The van der Waals surface area contributed by atoms with Crippen molar-refractivity contribution in [1.82, 2.24) is 5.32 Å². The second-order valence-corrected chi connectivity index (χ2v) is 5.80. The van der Waals surface area contributed by atoms with Crippen LogP contribution in [0.1, 0.15) is 11.1 Å². The number of carbonyl (C=O) groups excluding carboxylic acids is 2. The second-order valence-electron chi connectivity index (χ2n) is 5.80. The number of hydrogen-bond donors (Lipinski definition) is 2. The molecule has 0 heterocycles. The molecule has 0 aliphatic heterocycles. The number of methoxy groups -OCH3 is 1. The lowest BCUT2D eigenvalue weighted by Crippen LogP contribution is -2.35. The van der Waals surface area contributed by atoms with Crippen LogP contribution in [-0.2, 0) is 27.5 Å². The standard InChI is InChI=1S/C19H23N3O3/c1-22(2)17-10-5-4-9-16(17)21-19(24)18(23)20-12-14-7-6-8-15(11-14)13-25-3/h4-11H,12-13H2,1-3H3,(H,20,23)(H,21,24). The Hall–Kier alpha value is -2.86. The summed E-state index contributed by atoms with van der Waals surface area (Å²) in [6, 6.07) is 15.0. The first-order chi connectivity index (χ1) is 12.0. The maximum absolute atomic E-state index is 12.1. The van der Waals surface area contributed by atoms with Gasteiger partial charge in [-0.3, -0.25) is 9.59 Å². The maximum atomic E-state index is 12.1. The summed E-state index contributed by atoms with van der Waals surface area (Å²) in [5.41, 5.74) is 3.34. The van der Waals surface area contributed by atoms with Gasteiger partial charge in [0.15, 0.2) is 0 Å². The Kier molecular flexibility index (Phi) is 6.54. The number of rotatable bonds is 6. The highest BCUT2D eigenvalue weighted by molar-refractivity contribution is 6.39. The molecule has 0 atom stereocenters. The van der Waals surface area contributed by atoms with Gasteiger partial charge in [-0.25, -0.2) is 0 Å². The maximum Gasteiger partial charge on any atom is 0.313 e. The molecule has 0 saturated carbocycles. The van der Waals surface area contributed by atoms with Gasteiger partial charge in [0.25, 0.3) is 0 Å². The van der Waals surface area contributed by atoms with Crippen LogP contribution in [0, 0.1) is 0 Å². The molecule has 132 valence electrons. The first-order valence-electron chi connectivity index (χ1n) is 7.93. The lowest BCUT2D eigenvalue weighted by molar-refractivity contribution is -0.136. The van der Waals surface area contributed by atoms with E-state index in [1.807, 2.05) is 61.5 Å². The molecule has 0 aromatic heterocycles. The molecule has 0 spiro atoms. The van der Waals surface area contributed by atoms with Crippen molar-refractivity contribution >= 4 is 23.2 Å². The van der Waals surface area contributed by atoms with E-state index < -0.39 is 11.8 Å². The van der Waals surface area contributed by atoms with E-state index in [1.165, 1.54) is 0 Å². The van der Waals surface area contributed by atoms with Crippen LogP contribution in [0.5, 0.6) is 0 Å². The average molecular weight is 341 g/mol. The Labute approximate surface area is 147 Å². The first-order valence-corrected chi connectivity index (χ1v) is 7.93. The zero-order valence-corrected chi connectivity index (χ0v) is 14.7. The molecule has 2 N–H and O–H groups in total. The number of nitrogens with zero attached hydrogens (tertiary/aromatic N) is 1. The molecule has 2 aromatic carbocycles. The average Bonchev–Trinajstić information content (AvgIpc) is 2.60. The SMILES string of the molecule is COCc1cccc(CNC(=O)C(=O)Nc2ccccc2N(C)C)c1. The summed E-state index contributed by atoms with van der Waals surface area (Å²) >= 11 is 0. The van der Waals surface area contributed by atoms with E-state index in [1.54, 1.807) is 13.2 Å². The summed E-state index contributed by atoms with van der Waals surface area (Å²) in [5, 5.41) is 5.28. The molecule has 0 saturated heterocycles. The monoisotopic (exact) mass is 341 g/mol. The summed E-state index contributed by atoms with van der Waals surface area (Å²) < 4.78 is 5.09. The Balaban J connectivity index is 1.95. The smallest absolute Gasteiger partial charge is 0.313 e. The fraction of sp³-hybridized carbons (Fsp3) is 0.263. The van der Waals surface area contributed by atoms with E-state index in [0.29, 0.717) is 12.3 Å². The molecule has 2 rings (SSSR count). The first kappa shape index (κ1) is 18.5. The minimum absolute atomic E-state index is 0.277. The third-order valence-corrected chi connectivity index (χ3v) is 3.60. The van der Waals surface area contributed by atoms with Gasteiger partial charge in [0, 0.05) is 27.7 Å². The molecule has 0 aliphatic carbocycles. The fourth-order valence-electron chi connectivity index (χ4n) is 2.41. The minimum atomic E-state index is -0.692.